The van der Waals surface area contributed by atoms with E-state index in [0.717, 1.165) is 0 Å². The van der Waals surface area contributed by atoms with Gasteiger partial charge in [-0.3, -0.25) is 0 Å². The smallest absolute Gasteiger partial charge is 0.493 e. The predicted molar refractivity (Wildman–Crippen MR) is 109 cm³/mol. The van der Waals surface area contributed by atoms with Crippen LogP contribution in [0.5, 0.6) is 11.5 Å². The Bertz CT molecular complexity index is 852. The number of hydrogen-bond donors (Lipinski definition) is 0. The van der Waals surface area contributed by atoms with Crippen LogP contribution in [-0.2, 0) is 9.31 Å². The van der Waals surface area contributed by atoms with Gasteiger partial charge in [0.05, 0.1) is 24.7 Å². The van der Waals surface area contributed by atoms with Crippen LogP contribution in [0.3, 0.4) is 0 Å². The Balaban J connectivity index is 1.87. The summed E-state index contributed by atoms with van der Waals surface area (Å²) in [5.41, 5.74) is 0.118. The number of hydrogen-bond acceptors (Lipinski definition) is 4. The van der Waals surface area contributed by atoms with Crippen molar-refractivity contribution >= 4 is 12.6 Å². The van der Waals surface area contributed by atoms with E-state index in [1.54, 1.807) is 48.5 Å². The van der Waals surface area contributed by atoms with Gasteiger partial charge in [-0.2, -0.15) is 13.2 Å². The van der Waals surface area contributed by atoms with Crippen LogP contribution in [0.25, 0.3) is 0 Å². The van der Waals surface area contributed by atoms with E-state index in [2.05, 4.69) is 0 Å². The largest absolute Gasteiger partial charge is 0.494 e. The fourth-order valence-electron chi connectivity index (χ4n) is 3.17. The molecule has 0 spiro atoms. The fraction of sp³-hybridized carbons (Fsp3) is 0.455. The molecule has 0 N–H and O–H groups in total. The highest BCUT2D eigenvalue weighted by Crippen LogP contribution is 2.39. The van der Waals surface area contributed by atoms with E-state index in [4.69, 9.17) is 18.8 Å². The van der Waals surface area contributed by atoms with Crippen LogP contribution in [0.15, 0.2) is 48.5 Å². The van der Waals surface area contributed by atoms with E-state index >= 15 is 0 Å². The van der Waals surface area contributed by atoms with Gasteiger partial charge in [0, 0.05) is 0 Å². The second-order valence-corrected chi connectivity index (χ2v) is 8.34. The van der Waals surface area contributed by atoms with Crippen LogP contribution in [0, 0.1) is 0 Å². The Labute approximate surface area is 175 Å². The van der Waals surface area contributed by atoms with Gasteiger partial charge in [0.1, 0.15) is 6.10 Å². The van der Waals surface area contributed by atoms with Crippen LogP contribution < -0.4 is 14.9 Å². The molecule has 0 amide bonds. The Morgan fingerprint density at radius 1 is 0.933 bits per heavy atom. The van der Waals surface area contributed by atoms with E-state index in [1.807, 2.05) is 27.7 Å². The van der Waals surface area contributed by atoms with Crippen LogP contribution in [0.2, 0.25) is 0 Å². The molecule has 0 bridgehead atoms. The molecule has 0 radical (unpaired) electrons. The summed E-state index contributed by atoms with van der Waals surface area (Å²) in [5, 5.41) is 0. The third-order valence-corrected chi connectivity index (χ3v) is 5.57. The Hall–Kier alpha value is -2.19. The molecule has 1 unspecified atom stereocenters. The standard InChI is InChI=1S/C22H26BF3O4/c1-20(2)21(3,4)30-23(29-20)16-11-12-17(18(13-16)27-5)28-19(14-22(24,25)26)15-9-7-6-8-10-15/h6-13,19H,14H2,1-5H3. The molecule has 0 aliphatic carbocycles. The van der Waals surface area contributed by atoms with Crippen molar-refractivity contribution in [3.05, 3.63) is 54.1 Å². The quantitative estimate of drug-likeness (QED) is 0.610. The number of rotatable bonds is 6. The Kier molecular flexibility index (Phi) is 6.11. The molecule has 1 saturated heterocycles. The first-order chi connectivity index (χ1) is 13.9. The van der Waals surface area contributed by atoms with E-state index in [-0.39, 0.29) is 5.75 Å². The highest BCUT2D eigenvalue weighted by molar-refractivity contribution is 6.62. The summed E-state index contributed by atoms with van der Waals surface area (Å²) >= 11 is 0. The number of methoxy groups -OCH3 is 1. The molecule has 30 heavy (non-hydrogen) atoms. The molecule has 1 aliphatic rings. The third kappa shape index (κ3) is 4.92. The summed E-state index contributed by atoms with van der Waals surface area (Å²) in [6.07, 6.45) is -6.68. The zero-order valence-corrected chi connectivity index (χ0v) is 17.7. The SMILES string of the molecule is COc1cc(B2OC(C)(C)C(C)(C)O2)ccc1OC(CC(F)(F)F)c1ccccc1. The van der Waals surface area contributed by atoms with Crippen LogP contribution in [0.1, 0.15) is 45.8 Å². The zero-order chi connectivity index (χ0) is 22.2. The molecule has 1 heterocycles. The Morgan fingerprint density at radius 2 is 1.53 bits per heavy atom. The van der Waals surface area contributed by atoms with Crippen molar-refractivity contribution in [2.45, 2.75) is 57.6 Å². The topological polar surface area (TPSA) is 36.9 Å². The number of alkyl halides is 3. The summed E-state index contributed by atoms with van der Waals surface area (Å²) in [4.78, 5) is 0. The van der Waals surface area contributed by atoms with Crippen molar-refractivity contribution in [3.63, 3.8) is 0 Å². The minimum absolute atomic E-state index is 0.218. The van der Waals surface area contributed by atoms with Gasteiger partial charge in [-0.15, -0.1) is 0 Å². The first kappa shape index (κ1) is 22.5. The minimum Gasteiger partial charge on any atom is -0.493 e. The summed E-state index contributed by atoms with van der Waals surface area (Å²) in [6, 6.07) is 13.3. The lowest BCUT2D eigenvalue weighted by atomic mass is 9.79. The van der Waals surface area contributed by atoms with Gasteiger partial charge in [0.2, 0.25) is 0 Å². The van der Waals surface area contributed by atoms with Crippen LogP contribution in [-0.4, -0.2) is 31.6 Å². The van der Waals surface area contributed by atoms with Crippen molar-refractivity contribution in [1.82, 2.24) is 0 Å². The molecule has 2 aromatic rings. The highest BCUT2D eigenvalue weighted by Gasteiger charge is 2.51. The molecular formula is C22H26BF3O4. The van der Waals surface area contributed by atoms with Gasteiger partial charge < -0.3 is 18.8 Å². The molecule has 4 nitrogen and oxygen atoms in total. The van der Waals surface area contributed by atoms with E-state index < -0.39 is 37.0 Å². The van der Waals surface area contributed by atoms with E-state index in [9.17, 15) is 13.2 Å². The van der Waals surface area contributed by atoms with Gasteiger partial charge in [-0.05, 0) is 50.9 Å². The van der Waals surface area contributed by atoms with Crippen LogP contribution >= 0.6 is 0 Å². The predicted octanol–water partition coefficient (Wildman–Crippen LogP) is 5.07. The zero-order valence-electron chi connectivity index (χ0n) is 17.7. The molecule has 0 saturated carbocycles. The summed E-state index contributed by atoms with van der Waals surface area (Å²) in [5.74, 6) is 0.529. The van der Waals surface area contributed by atoms with Gasteiger partial charge in [0.15, 0.2) is 11.5 Å². The van der Waals surface area contributed by atoms with Gasteiger partial charge in [-0.25, -0.2) is 0 Å². The van der Waals surface area contributed by atoms with Crippen molar-refractivity contribution in [2.75, 3.05) is 7.11 Å². The van der Waals surface area contributed by atoms with Gasteiger partial charge in [0.25, 0.3) is 0 Å². The lowest BCUT2D eigenvalue weighted by molar-refractivity contribution is -0.151. The normalized spacial score (nSPS) is 18.9. The molecule has 2 aromatic carbocycles. The minimum atomic E-state index is -4.38. The van der Waals surface area contributed by atoms with Crippen molar-refractivity contribution < 1.29 is 32.0 Å². The molecule has 0 aromatic heterocycles. The lowest BCUT2D eigenvalue weighted by Crippen LogP contribution is -2.41. The summed E-state index contributed by atoms with van der Waals surface area (Å²) < 4.78 is 62.7. The van der Waals surface area contributed by atoms with Crippen LogP contribution in [0.4, 0.5) is 13.2 Å². The lowest BCUT2D eigenvalue weighted by Gasteiger charge is -2.32. The number of benzene rings is 2. The van der Waals surface area contributed by atoms with Crippen molar-refractivity contribution in [1.29, 1.82) is 0 Å². The highest BCUT2D eigenvalue weighted by atomic mass is 19.4. The fourth-order valence-corrected chi connectivity index (χ4v) is 3.17. The molecular weight excluding hydrogens is 396 g/mol. The maximum atomic E-state index is 13.1. The van der Waals surface area contributed by atoms with Crippen molar-refractivity contribution in [2.24, 2.45) is 0 Å². The second-order valence-electron chi connectivity index (χ2n) is 8.34. The third-order valence-electron chi connectivity index (χ3n) is 5.57. The molecule has 162 valence electrons. The average molecular weight is 422 g/mol. The molecule has 1 fully saturated rings. The van der Waals surface area contributed by atoms with E-state index in [1.165, 1.54) is 7.11 Å². The van der Waals surface area contributed by atoms with Crippen molar-refractivity contribution in [3.8, 4) is 11.5 Å². The molecule has 3 rings (SSSR count). The van der Waals surface area contributed by atoms with Gasteiger partial charge >= 0.3 is 13.3 Å². The monoisotopic (exact) mass is 422 g/mol. The average Bonchev–Trinajstić information content (AvgIpc) is 2.88. The van der Waals surface area contributed by atoms with E-state index in [0.29, 0.717) is 16.8 Å². The number of ether oxygens (including phenoxy) is 2. The maximum Gasteiger partial charge on any atom is 0.494 e. The summed E-state index contributed by atoms with van der Waals surface area (Å²) in [6.45, 7) is 7.79. The maximum absolute atomic E-state index is 13.1. The molecule has 1 atom stereocenters. The first-order valence-corrected chi connectivity index (χ1v) is 9.74. The Morgan fingerprint density at radius 3 is 2.07 bits per heavy atom. The number of halogens is 3. The van der Waals surface area contributed by atoms with Gasteiger partial charge in [-0.1, -0.05) is 36.4 Å². The second kappa shape index (κ2) is 8.15. The summed E-state index contributed by atoms with van der Waals surface area (Å²) in [7, 11) is 0.829. The molecule has 1 aliphatic heterocycles. The molecule has 8 heteroatoms. The first-order valence-electron chi connectivity index (χ1n) is 9.74.